The predicted octanol–water partition coefficient (Wildman–Crippen LogP) is 2.46. The SMILES string of the molecule is CCC(CBr)NC(=O)c1cccc(C#N)c1. The minimum absolute atomic E-state index is 0.123. The fourth-order valence-electron chi connectivity index (χ4n) is 1.25. The Morgan fingerprint density at radius 2 is 2.38 bits per heavy atom. The van der Waals surface area contributed by atoms with Crippen LogP contribution < -0.4 is 5.32 Å². The van der Waals surface area contributed by atoms with E-state index in [2.05, 4.69) is 21.2 Å². The van der Waals surface area contributed by atoms with Crippen LogP contribution in [0.25, 0.3) is 0 Å². The number of amides is 1. The maximum absolute atomic E-state index is 11.8. The molecule has 0 aliphatic heterocycles. The van der Waals surface area contributed by atoms with Gasteiger partial charge in [-0.1, -0.05) is 28.9 Å². The maximum Gasteiger partial charge on any atom is 0.251 e. The fraction of sp³-hybridized carbons (Fsp3) is 0.333. The van der Waals surface area contributed by atoms with Crippen molar-refractivity contribution in [2.45, 2.75) is 19.4 Å². The van der Waals surface area contributed by atoms with E-state index in [1.165, 1.54) is 0 Å². The minimum atomic E-state index is -0.136. The highest BCUT2D eigenvalue weighted by molar-refractivity contribution is 9.09. The highest BCUT2D eigenvalue weighted by atomic mass is 79.9. The lowest BCUT2D eigenvalue weighted by atomic mass is 10.1. The van der Waals surface area contributed by atoms with Crippen molar-refractivity contribution < 1.29 is 4.79 Å². The summed E-state index contributed by atoms with van der Waals surface area (Å²) in [7, 11) is 0. The third kappa shape index (κ3) is 3.35. The van der Waals surface area contributed by atoms with E-state index in [0.717, 1.165) is 11.8 Å². The number of alkyl halides is 1. The molecule has 4 heteroatoms. The molecule has 1 aromatic rings. The Morgan fingerprint density at radius 1 is 1.62 bits per heavy atom. The molecule has 1 aromatic carbocycles. The van der Waals surface area contributed by atoms with Gasteiger partial charge in [-0.05, 0) is 24.6 Å². The second-order valence-electron chi connectivity index (χ2n) is 3.43. The van der Waals surface area contributed by atoms with E-state index in [1.54, 1.807) is 24.3 Å². The first-order valence-electron chi connectivity index (χ1n) is 5.08. The van der Waals surface area contributed by atoms with Crippen molar-refractivity contribution in [2.75, 3.05) is 5.33 Å². The first-order chi connectivity index (χ1) is 7.71. The number of benzene rings is 1. The molecule has 0 aromatic heterocycles. The van der Waals surface area contributed by atoms with Crippen LogP contribution in [-0.2, 0) is 0 Å². The molecule has 0 bridgehead atoms. The molecule has 0 saturated heterocycles. The van der Waals surface area contributed by atoms with Crippen molar-refractivity contribution in [3.8, 4) is 6.07 Å². The van der Waals surface area contributed by atoms with Crippen LogP contribution in [0.2, 0.25) is 0 Å². The molecule has 0 fully saturated rings. The molecular weight excluding hydrogens is 268 g/mol. The highest BCUT2D eigenvalue weighted by Gasteiger charge is 2.11. The summed E-state index contributed by atoms with van der Waals surface area (Å²) in [4.78, 5) is 11.8. The summed E-state index contributed by atoms with van der Waals surface area (Å²) in [5.74, 6) is -0.136. The lowest BCUT2D eigenvalue weighted by Crippen LogP contribution is -2.35. The third-order valence-corrected chi connectivity index (χ3v) is 3.05. The lowest BCUT2D eigenvalue weighted by molar-refractivity contribution is 0.0940. The molecule has 1 atom stereocenters. The largest absolute Gasteiger partial charge is 0.348 e. The Bertz CT molecular complexity index is 408. The molecule has 1 amide bonds. The van der Waals surface area contributed by atoms with Crippen LogP contribution in [0, 0.1) is 11.3 Å². The number of nitriles is 1. The third-order valence-electron chi connectivity index (χ3n) is 2.27. The Kier molecular flexibility index (Phi) is 5.00. The first kappa shape index (κ1) is 12.7. The number of rotatable bonds is 4. The second kappa shape index (κ2) is 6.29. The van der Waals surface area contributed by atoms with Crippen LogP contribution in [0.3, 0.4) is 0 Å². The average Bonchev–Trinajstić information content (AvgIpc) is 2.35. The van der Waals surface area contributed by atoms with Crippen LogP contribution in [0.4, 0.5) is 0 Å². The minimum Gasteiger partial charge on any atom is -0.348 e. The maximum atomic E-state index is 11.8. The normalized spacial score (nSPS) is 11.6. The summed E-state index contributed by atoms with van der Waals surface area (Å²) >= 11 is 3.34. The van der Waals surface area contributed by atoms with Crippen LogP contribution in [0.15, 0.2) is 24.3 Å². The van der Waals surface area contributed by atoms with Crippen molar-refractivity contribution in [2.24, 2.45) is 0 Å². The van der Waals surface area contributed by atoms with Gasteiger partial charge in [-0.25, -0.2) is 0 Å². The molecule has 1 N–H and O–H groups in total. The molecule has 16 heavy (non-hydrogen) atoms. The topological polar surface area (TPSA) is 52.9 Å². The average molecular weight is 281 g/mol. The van der Waals surface area contributed by atoms with Crippen molar-refractivity contribution in [1.82, 2.24) is 5.32 Å². The summed E-state index contributed by atoms with van der Waals surface area (Å²) in [5, 5.41) is 12.3. The number of nitrogens with one attached hydrogen (secondary N) is 1. The van der Waals surface area contributed by atoms with Crippen LogP contribution in [0.1, 0.15) is 29.3 Å². The molecule has 1 rings (SSSR count). The van der Waals surface area contributed by atoms with E-state index in [9.17, 15) is 4.79 Å². The van der Waals surface area contributed by atoms with Gasteiger partial charge in [-0.15, -0.1) is 0 Å². The van der Waals surface area contributed by atoms with E-state index >= 15 is 0 Å². The zero-order valence-corrected chi connectivity index (χ0v) is 10.6. The van der Waals surface area contributed by atoms with Gasteiger partial charge >= 0.3 is 0 Å². The summed E-state index contributed by atoms with van der Waals surface area (Å²) in [5.41, 5.74) is 1.03. The van der Waals surface area contributed by atoms with Gasteiger partial charge in [0.05, 0.1) is 11.6 Å². The molecule has 84 valence electrons. The van der Waals surface area contributed by atoms with E-state index in [1.807, 2.05) is 13.0 Å². The molecule has 0 heterocycles. The molecule has 0 radical (unpaired) electrons. The second-order valence-corrected chi connectivity index (χ2v) is 4.07. The van der Waals surface area contributed by atoms with E-state index in [4.69, 9.17) is 5.26 Å². The van der Waals surface area contributed by atoms with Gasteiger partial charge in [0.15, 0.2) is 0 Å². The Hall–Kier alpha value is -1.34. The first-order valence-corrected chi connectivity index (χ1v) is 6.20. The van der Waals surface area contributed by atoms with Gasteiger partial charge in [0.25, 0.3) is 5.91 Å². The van der Waals surface area contributed by atoms with Gasteiger partial charge in [0, 0.05) is 16.9 Å². The van der Waals surface area contributed by atoms with E-state index in [0.29, 0.717) is 11.1 Å². The molecule has 0 aliphatic rings. The summed E-state index contributed by atoms with van der Waals surface area (Å²) in [6.07, 6.45) is 0.870. The van der Waals surface area contributed by atoms with Crippen molar-refractivity contribution in [3.63, 3.8) is 0 Å². The Morgan fingerprint density at radius 3 is 2.94 bits per heavy atom. The molecule has 0 aliphatic carbocycles. The Balaban J connectivity index is 2.77. The van der Waals surface area contributed by atoms with Crippen LogP contribution in [0.5, 0.6) is 0 Å². The van der Waals surface area contributed by atoms with Gasteiger partial charge in [-0.2, -0.15) is 5.26 Å². The zero-order valence-electron chi connectivity index (χ0n) is 9.03. The standard InChI is InChI=1S/C12H13BrN2O/c1-2-11(7-13)15-12(16)10-5-3-4-9(6-10)8-14/h3-6,11H,2,7H2,1H3,(H,15,16). The molecule has 0 saturated carbocycles. The molecule has 3 nitrogen and oxygen atoms in total. The van der Waals surface area contributed by atoms with Crippen LogP contribution >= 0.6 is 15.9 Å². The molecule has 1 unspecified atom stereocenters. The van der Waals surface area contributed by atoms with Gasteiger partial charge in [-0.3, -0.25) is 4.79 Å². The number of carbonyl (C=O) groups excluding carboxylic acids is 1. The summed E-state index contributed by atoms with van der Waals surface area (Å²) in [6, 6.07) is 8.83. The van der Waals surface area contributed by atoms with Crippen molar-refractivity contribution in [3.05, 3.63) is 35.4 Å². The summed E-state index contributed by atoms with van der Waals surface area (Å²) in [6.45, 7) is 2.01. The van der Waals surface area contributed by atoms with Crippen LogP contribution in [-0.4, -0.2) is 17.3 Å². The number of carbonyl (C=O) groups is 1. The van der Waals surface area contributed by atoms with Gasteiger partial charge in [0.2, 0.25) is 0 Å². The van der Waals surface area contributed by atoms with E-state index < -0.39 is 0 Å². The lowest BCUT2D eigenvalue weighted by Gasteiger charge is -2.13. The van der Waals surface area contributed by atoms with Crippen molar-refractivity contribution in [1.29, 1.82) is 5.26 Å². The van der Waals surface area contributed by atoms with Gasteiger partial charge in [0.1, 0.15) is 0 Å². The monoisotopic (exact) mass is 280 g/mol. The zero-order chi connectivity index (χ0) is 12.0. The molecular formula is C12H13BrN2O. The number of hydrogen-bond acceptors (Lipinski definition) is 2. The summed E-state index contributed by atoms with van der Waals surface area (Å²) < 4.78 is 0. The highest BCUT2D eigenvalue weighted by Crippen LogP contribution is 2.05. The Labute approximate surface area is 104 Å². The number of nitrogens with zero attached hydrogens (tertiary/aromatic N) is 1. The predicted molar refractivity (Wildman–Crippen MR) is 66.5 cm³/mol. The number of hydrogen-bond donors (Lipinski definition) is 1. The number of halogens is 1. The molecule has 0 spiro atoms. The van der Waals surface area contributed by atoms with E-state index in [-0.39, 0.29) is 11.9 Å². The smallest absolute Gasteiger partial charge is 0.251 e. The van der Waals surface area contributed by atoms with Crippen molar-refractivity contribution >= 4 is 21.8 Å². The van der Waals surface area contributed by atoms with Gasteiger partial charge < -0.3 is 5.32 Å². The fourth-order valence-corrected chi connectivity index (χ4v) is 1.87. The quantitative estimate of drug-likeness (QED) is 0.862.